The first-order chi connectivity index (χ1) is 9.65. The van der Waals surface area contributed by atoms with Gasteiger partial charge in [0.1, 0.15) is 0 Å². The Balaban J connectivity index is 2.12. The van der Waals surface area contributed by atoms with Crippen LogP contribution in [-0.4, -0.2) is 26.3 Å². The van der Waals surface area contributed by atoms with Crippen LogP contribution in [-0.2, 0) is 7.05 Å². The minimum atomic E-state index is -0.213. The summed E-state index contributed by atoms with van der Waals surface area (Å²) in [6.07, 6.45) is 2.82. The molecule has 0 fully saturated rings. The number of nitrogens with one attached hydrogen (secondary N) is 2. The van der Waals surface area contributed by atoms with Crippen molar-refractivity contribution in [2.75, 3.05) is 6.54 Å². The molecule has 2 aromatic rings. The lowest BCUT2D eigenvalue weighted by Crippen LogP contribution is -2.20. The second-order valence-corrected chi connectivity index (χ2v) is 5.45. The molecule has 1 atom stereocenters. The van der Waals surface area contributed by atoms with Crippen LogP contribution in [0.25, 0.3) is 0 Å². The maximum atomic E-state index is 11.3. The highest BCUT2D eigenvalue weighted by molar-refractivity contribution is 7.99. The topological polar surface area (TPSA) is 75.6 Å². The first-order valence-electron chi connectivity index (χ1n) is 6.64. The molecule has 0 aliphatic carbocycles. The van der Waals surface area contributed by atoms with Gasteiger partial charge in [-0.1, -0.05) is 13.8 Å². The van der Waals surface area contributed by atoms with Gasteiger partial charge in [0.15, 0.2) is 5.16 Å². The Morgan fingerprint density at radius 3 is 2.75 bits per heavy atom. The lowest BCUT2D eigenvalue weighted by Gasteiger charge is -2.15. The highest BCUT2D eigenvalue weighted by Gasteiger charge is 2.10. The predicted molar refractivity (Wildman–Crippen MR) is 78.9 cm³/mol. The van der Waals surface area contributed by atoms with Crippen LogP contribution in [0.15, 0.2) is 33.2 Å². The fourth-order valence-electron chi connectivity index (χ4n) is 1.89. The summed E-state index contributed by atoms with van der Waals surface area (Å²) in [4.78, 5) is 16.7. The number of aromatic nitrogens is 4. The largest absolute Gasteiger partial charge is 0.343 e. The van der Waals surface area contributed by atoms with E-state index in [9.17, 15) is 4.79 Å². The van der Waals surface area contributed by atoms with Gasteiger partial charge in [-0.05, 0) is 36.9 Å². The van der Waals surface area contributed by atoms with E-state index >= 15 is 0 Å². The zero-order valence-corrected chi connectivity index (χ0v) is 12.7. The number of hydrogen-bond acceptors (Lipinski definition) is 5. The van der Waals surface area contributed by atoms with Crippen molar-refractivity contribution in [1.82, 2.24) is 25.1 Å². The van der Waals surface area contributed by atoms with E-state index in [-0.39, 0.29) is 11.7 Å². The van der Waals surface area contributed by atoms with E-state index in [4.69, 9.17) is 0 Å². The van der Waals surface area contributed by atoms with E-state index in [0.29, 0.717) is 5.16 Å². The molecule has 2 rings (SSSR count). The first kappa shape index (κ1) is 14.8. The van der Waals surface area contributed by atoms with E-state index in [1.807, 2.05) is 18.3 Å². The van der Waals surface area contributed by atoms with Gasteiger partial charge in [-0.25, -0.2) is 9.89 Å². The maximum absolute atomic E-state index is 11.3. The summed E-state index contributed by atoms with van der Waals surface area (Å²) in [5, 5.41) is 10.4. The molecule has 0 aliphatic rings. The third kappa shape index (κ3) is 3.29. The van der Waals surface area contributed by atoms with E-state index in [1.54, 1.807) is 7.05 Å². The van der Waals surface area contributed by atoms with Gasteiger partial charge in [0, 0.05) is 24.2 Å². The smallest absolute Gasteiger partial charge is 0.309 e. The van der Waals surface area contributed by atoms with E-state index < -0.39 is 0 Å². The normalized spacial score (nSPS) is 12.6. The SMILES string of the molecule is CCNC(CC)c1ccc(Sc2n[nH]c(=O)n2C)cn1. The Morgan fingerprint density at radius 2 is 2.25 bits per heavy atom. The van der Waals surface area contributed by atoms with Crippen LogP contribution >= 0.6 is 11.8 Å². The lowest BCUT2D eigenvalue weighted by atomic mass is 10.1. The van der Waals surface area contributed by atoms with Gasteiger partial charge >= 0.3 is 5.69 Å². The standard InChI is InChI=1S/C13H19N5OS/c1-4-10(14-5-2)11-7-6-9(8-15-11)20-13-17-16-12(19)18(13)3/h6-8,10,14H,4-5H2,1-3H3,(H,16,19). The van der Waals surface area contributed by atoms with Gasteiger partial charge in [0.05, 0.1) is 5.69 Å². The molecule has 1 unspecified atom stereocenters. The molecule has 0 bridgehead atoms. The average Bonchev–Trinajstić information content (AvgIpc) is 2.78. The summed E-state index contributed by atoms with van der Waals surface area (Å²) in [6.45, 7) is 5.15. The monoisotopic (exact) mass is 293 g/mol. The van der Waals surface area contributed by atoms with Crippen LogP contribution in [0, 0.1) is 0 Å². The van der Waals surface area contributed by atoms with E-state index in [0.717, 1.165) is 23.6 Å². The molecule has 0 spiro atoms. The van der Waals surface area contributed by atoms with E-state index in [2.05, 4.69) is 34.3 Å². The fourth-order valence-corrected chi connectivity index (χ4v) is 2.66. The molecule has 0 saturated heterocycles. The molecule has 20 heavy (non-hydrogen) atoms. The number of rotatable bonds is 6. The van der Waals surface area contributed by atoms with Gasteiger partial charge in [-0.3, -0.25) is 9.55 Å². The van der Waals surface area contributed by atoms with Crippen LogP contribution in [0.3, 0.4) is 0 Å². The second-order valence-electron chi connectivity index (χ2n) is 4.41. The fraction of sp³-hybridized carbons (Fsp3) is 0.462. The molecule has 108 valence electrons. The summed E-state index contributed by atoms with van der Waals surface area (Å²) in [7, 11) is 1.69. The number of H-pyrrole nitrogens is 1. The molecule has 2 aromatic heterocycles. The highest BCUT2D eigenvalue weighted by atomic mass is 32.2. The molecular formula is C13H19N5OS. The van der Waals surface area contributed by atoms with Crippen LogP contribution in [0.1, 0.15) is 32.0 Å². The van der Waals surface area contributed by atoms with Crippen molar-refractivity contribution in [3.05, 3.63) is 34.5 Å². The zero-order chi connectivity index (χ0) is 14.5. The third-order valence-electron chi connectivity index (χ3n) is 3.02. The Morgan fingerprint density at radius 1 is 1.45 bits per heavy atom. The average molecular weight is 293 g/mol. The van der Waals surface area contributed by atoms with Crippen molar-refractivity contribution in [1.29, 1.82) is 0 Å². The maximum Gasteiger partial charge on any atom is 0.343 e. The predicted octanol–water partition coefficient (Wildman–Crippen LogP) is 1.72. The van der Waals surface area contributed by atoms with Crippen molar-refractivity contribution in [2.45, 2.75) is 36.4 Å². The van der Waals surface area contributed by atoms with Gasteiger partial charge < -0.3 is 5.32 Å². The van der Waals surface area contributed by atoms with Crippen molar-refractivity contribution < 1.29 is 0 Å². The molecule has 0 aliphatic heterocycles. The van der Waals surface area contributed by atoms with Crippen molar-refractivity contribution in [2.24, 2.45) is 7.05 Å². The Bertz CT molecular complexity index is 604. The van der Waals surface area contributed by atoms with Gasteiger partial charge in [0.2, 0.25) is 0 Å². The molecule has 0 saturated carbocycles. The summed E-state index contributed by atoms with van der Waals surface area (Å²) in [6, 6.07) is 4.31. The molecule has 7 heteroatoms. The molecule has 0 amide bonds. The highest BCUT2D eigenvalue weighted by Crippen LogP contribution is 2.25. The number of nitrogens with zero attached hydrogens (tertiary/aromatic N) is 3. The third-order valence-corrected chi connectivity index (χ3v) is 4.05. The summed E-state index contributed by atoms with van der Waals surface area (Å²) < 4.78 is 1.48. The first-order valence-corrected chi connectivity index (χ1v) is 7.46. The molecule has 0 radical (unpaired) electrons. The molecular weight excluding hydrogens is 274 g/mol. The van der Waals surface area contributed by atoms with Crippen LogP contribution < -0.4 is 11.0 Å². The van der Waals surface area contributed by atoms with E-state index in [1.165, 1.54) is 16.3 Å². The molecule has 6 nitrogen and oxygen atoms in total. The molecule has 0 aromatic carbocycles. The van der Waals surface area contributed by atoms with Gasteiger partial charge in [-0.15, -0.1) is 5.10 Å². The van der Waals surface area contributed by atoms with Crippen molar-refractivity contribution in [3.8, 4) is 0 Å². The Labute approximate surface area is 122 Å². The number of hydrogen-bond donors (Lipinski definition) is 2. The summed E-state index contributed by atoms with van der Waals surface area (Å²) >= 11 is 1.41. The minimum Gasteiger partial charge on any atom is -0.309 e. The molecule has 2 N–H and O–H groups in total. The van der Waals surface area contributed by atoms with Gasteiger partial charge in [-0.2, -0.15) is 0 Å². The second kappa shape index (κ2) is 6.71. The quantitative estimate of drug-likeness (QED) is 0.848. The van der Waals surface area contributed by atoms with Crippen LogP contribution in [0.4, 0.5) is 0 Å². The number of pyridine rings is 1. The molecule has 2 heterocycles. The van der Waals surface area contributed by atoms with Crippen LogP contribution in [0.5, 0.6) is 0 Å². The van der Waals surface area contributed by atoms with Crippen LogP contribution in [0.2, 0.25) is 0 Å². The number of aromatic amines is 1. The van der Waals surface area contributed by atoms with Gasteiger partial charge in [0.25, 0.3) is 0 Å². The Hall–Kier alpha value is -1.60. The summed E-state index contributed by atoms with van der Waals surface area (Å²) in [5.74, 6) is 0. The lowest BCUT2D eigenvalue weighted by molar-refractivity contribution is 0.524. The zero-order valence-electron chi connectivity index (χ0n) is 11.9. The minimum absolute atomic E-state index is 0.213. The van der Waals surface area contributed by atoms with Crippen molar-refractivity contribution in [3.63, 3.8) is 0 Å². The Kier molecular flexibility index (Phi) is 4.97. The van der Waals surface area contributed by atoms with Crippen molar-refractivity contribution >= 4 is 11.8 Å². The summed E-state index contributed by atoms with van der Waals surface area (Å²) in [5.41, 5.74) is 0.824.